The van der Waals surface area contributed by atoms with E-state index in [9.17, 15) is 9.18 Å². The van der Waals surface area contributed by atoms with Gasteiger partial charge in [0.2, 0.25) is 0 Å². The summed E-state index contributed by atoms with van der Waals surface area (Å²) in [5.74, 6) is -1.30. The molecule has 1 rings (SSSR count). The molecule has 1 atom stereocenters. The largest absolute Gasteiger partial charge is 0.469 e. The summed E-state index contributed by atoms with van der Waals surface area (Å²) in [6, 6.07) is 6.08. The highest BCUT2D eigenvalue weighted by Gasteiger charge is 2.14. The van der Waals surface area contributed by atoms with E-state index >= 15 is 0 Å². The van der Waals surface area contributed by atoms with Gasteiger partial charge in [0, 0.05) is 6.54 Å². The first-order valence-electron chi connectivity index (χ1n) is 5.10. The van der Waals surface area contributed by atoms with Crippen molar-refractivity contribution in [3.63, 3.8) is 0 Å². The van der Waals surface area contributed by atoms with E-state index in [1.165, 1.54) is 19.2 Å². The molecule has 0 spiro atoms. The number of halogens is 1. The molecule has 0 heterocycles. The van der Waals surface area contributed by atoms with E-state index < -0.39 is 5.82 Å². The number of methoxy groups -OCH3 is 1. The molecule has 1 aromatic carbocycles. The van der Waals surface area contributed by atoms with Crippen molar-refractivity contribution in [1.29, 1.82) is 5.26 Å². The lowest BCUT2D eigenvalue weighted by Crippen LogP contribution is -2.21. The van der Waals surface area contributed by atoms with Gasteiger partial charge in [-0.3, -0.25) is 4.79 Å². The standard InChI is InChI=1S/C12H13FN2O2/c1-8(12(16)17-2)7-15-11-5-3-4-10(13)9(11)6-14/h3-5,8,15H,7H2,1-2H3. The minimum Gasteiger partial charge on any atom is -0.469 e. The van der Waals surface area contributed by atoms with Crippen LogP contribution in [0.4, 0.5) is 10.1 Å². The monoisotopic (exact) mass is 236 g/mol. The Morgan fingerprint density at radius 1 is 1.65 bits per heavy atom. The van der Waals surface area contributed by atoms with E-state index in [0.29, 0.717) is 5.69 Å². The van der Waals surface area contributed by atoms with Crippen molar-refractivity contribution in [3.8, 4) is 6.07 Å². The summed E-state index contributed by atoms with van der Waals surface area (Å²) >= 11 is 0. The highest BCUT2D eigenvalue weighted by Crippen LogP contribution is 2.18. The van der Waals surface area contributed by atoms with Crippen LogP contribution in [0.2, 0.25) is 0 Å². The third-order valence-corrected chi connectivity index (χ3v) is 2.33. The van der Waals surface area contributed by atoms with Gasteiger partial charge < -0.3 is 10.1 Å². The number of hydrogen-bond acceptors (Lipinski definition) is 4. The molecule has 0 aliphatic rings. The summed E-state index contributed by atoms with van der Waals surface area (Å²) in [5, 5.41) is 11.7. The van der Waals surface area contributed by atoms with E-state index in [1.807, 2.05) is 0 Å². The number of nitriles is 1. The van der Waals surface area contributed by atoms with E-state index in [4.69, 9.17) is 5.26 Å². The van der Waals surface area contributed by atoms with Crippen molar-refractivity contribution in [3.05, 3.63) is 29.6 Å². The minimum absolute atomic E-state index is 0.0513. The quantitative estimate of drug-likeness (QED) is 0.811. The maximum Gasteiger partial charge on any atom is 0.310 e. The molecule has 90 valence electrons. The molecule has 0 saturated carbocycles. The van der Waals surface area contributed by atoms with Gasteiger partial charge >= 0.3 is 5.97 Å². The first kappa shape index (κ1) is 13.0. The maximum atomic E-state index is 13.2. The molecule has 0 radical (unpaired) electrons. The topological polar surface area (TPSA) is 62.1 Å². The molecule has 17 heavy (non-hydrogen) atoms. The molecule has 4 nitrogen and oxygen atoms in total. The number of rotatable bonds is 4. The summed E-state index contributed by atoms with van der Waals surface area (Å²) < 4.78 is 17.8. The fourth-order valence-corrected chi connectivity index (χ4v) is 1.33. The molecule has 0 bridgehead atoms. The van der Waals surface area contributed by atoms with Crippen molar-refractivity contribution in [2.75, 3.05) is 19.0 Å². The zero-order chi connectivity index (χ0) is 12.8. The number of nitrogens with zero attached hydrogens (tertiary/aromatic N) is 1. The van der Waals surface area contributed by atoms with Gasteiger partial charge in [0.05, 0.1) is 18.7 Å². The van der Waals surface area contributed by atoms with Crippen LogP contribution in [0.1, 0.15) is 12.5 Å². The second-order valence-electron chi connectivity index (χ2n) is 3.58. The van der Waals surface area contributed by atoms with Gasteiger partial charge in [0.1, 0.15) is 17.4 Å². The van der Waals surface area contributed by atoms with Crippen LogP contribution in [0.25, 0.3) is 0 Å². The zero-order valence-electron chi connectivity index (χ0n) is 9.66. The number of benzene rings is 1. The smallest absolute Gasteiger partial charge is 0.310 e. The molecular weight excluding hydrogens is 223 g/mol. The lowest BCUT2D eigenvalue weighted by atomic mass is 10.1. The Hall–Kier alpha value is -2.09. The van der Waals surface area contributed by atoms with Crippen molar-refractivity contribution in [2.24, 2.45) is 5.92 Å². The van der Waals surface area contributed by atoms with Gasteiger partial charge in [-0.15, -0.1) is 0 Å². The molecule has 0 aliphatic carbocycles. The Morgan fingerprint density at radius 2 is 2.35 bits per heavy atom. The van der Waals surface area contributed by atoms with E-state index in [0.717, 1.165) is 0 Å². The average Bonchev–Trinajstić information content (AvgIpc) is 2.34. The third-order valence-electron chi connectivity index (χ3n) is 2.33. The Balaban J connectivity index is 2.74. The molecule has 1 N–H and O–H groups in total. The highest BCUT2D eigenvalue weighted by molar-refractivity contribution is 5.72. The number of esters is 1. The number of carbonyl (C=O) groups is 1. The summed E-state index contributed by atoms with van der Waals surface area (Å²) in [6.07, 6.45) is 0. The predicted molar refractivity (Wildman–Crippen MR) is 60.8 cm³/mol. The lowest BCUT2D eigenvalue weighted by Gasteiger charge is -2.12. The van der Waals surface area contributed by atoms with Gasteiger partial charge in [-0.2, -0.15) is 5.26 Å². The lowest BCUT2D eigenvalue weighted by molar-refractivity contribution is -0.144. The molecule has 0 amide bonds. The molecule has 0 fully saturated rings. The number of nitrogens with one attached hydrogen (secondary N) is 1. The minimum atomic E-state index is -0.580. The van der Waals surface area contributed by atoms with E-state index in [-0.39, 0.29) is 24.0 Å². The predicted octanol–water partition coefficient (Wildman–Crippen LogP) is 1.92. The van der Waals surface area contributed by atoms with Gasteiger partial charge in [-0.25, -0.2) is 4.39 Å². The third kappa shape index (κ3) is 3.18. The summed E-state index contributed by atoms with van der Waals surface area (Å²) in [7, 11) is 1.31. The maximum absolute atomic E-state index is 13.2. The normalized spacial score (nSPS) is 11.4. The number of ether oxygens (including phenoxy) is 1. The Kier molecular flexibility index (Phi) is 4.46. The second kappa shape index (κ2) is 5.85. The van der Waals surface area contributed by atoms with Crippen LogP contribution in [-0.2, 0) is 9.53 Å². The van der Waals surface area contributed by atoms with Crippen LogP contribution in [0.5, 0.6) is 0 Å². The van der Waals surface area contributed by atoms with Gasteiger partial charge in [0.15, 0.2) is 0 Å². The molecule has 0 aliphatic heterocycles. The van der Waals surface area contributed by atoms with Crippen molar-refractivity contribution in [1.82, 2.24) is 0 Å². The first-order valence-corrected chi connectivity index (χ1v) is 5.10. The van der Waals surface area contributed by atoms with E-state index in [1.54, 1.807) is 19.1 Å². The van der Waals surface area contributed by atoms with Crippen molar-refractivity contribution < 1.29 is 13.9 Å². The molecule has 5 heteroatoms. The Morgan fingerprint density at radius 3 is 2.94 bits per heavy atom. The van der Waals surface area contributed by atoms with Crippen LogP contribution < -0.4 is 5.32 Å². The summed E-state index contributed by atoms with van der Waals surface area (Å²) in [5.41, 5.74) is 0.327. The number of hydrogen-bond donors (Lipinski definition) is 1. The Bertz CT molecular complexity index is 454. The Labute approximate surface area is 99.0 Å². The average molecular weight is 236 g/mol. The molecule has 0 aromatic heterocycles. The van der Waals surface area contributed by atoms with E-state index in [2.05, 4.69) is 10.1 Å². The van der Waals surface area contributed by atoms with Crippen molar-refractivity contribution in [2.45, 2.75) is 6.92 Å². The van der Waals surface area contributed by atoms with Crippen LogP contribution in [0.3, 0.4) is 0 Å². The van der Waals surface area contributed by atoms with Crippen LogP contribution in [0, 0.1) is 23.1 Å². The zero-order valence-corrected chi connectivity index (χ0v) is 9.66. The van der Waals surface area contributed by atoms with Gasteiger partial charge in [-0.1, -0.05) is 13.0 Å². The SMILES string of the molecule is COC(=O)C(C)CNc1cccc(F)c1C#N. The summed E-state index contributed by atoms with van der Waals surface area (Å²) in [4.78, 5) is 11.2. The molecule has 1 unspecified atom stereocenters. The molecule has 0 saturated heterocycles. The fraction of sp³-hybridized carbons (Fsp3) is 0.333. The molecular formula is C12H13FN2O2. The first-order chi connectivity index (χ1) is 8.10. The van der Waals surface area contributed by atoms with Crippen LogP contribution in [0.15, 0.2) is 18.2 Å². The number of anilines is 1. The van der Waals surface area contributed by atoms with Gasteiger partial charge in [-0.05, 0) is 12.1 Å². The highest BCUT2D eigenvalue weighted by atomic mass is 19.1. The summed E-state index contributed by atoms with van der Waals surface area (Å²) in [6.45, 7) is 1.97. The van der Waals surface area contributed by atoms with Gasteiger partial charge in [0.25, 0.3) is 0 Å². The fourth-order valence-electron chi connectivity index (χ4n) is 1.33. The van der Waals surface area contributed by atoms with Crippen LogP contribution in [-0.4, -0.2) is 19.6 Å². The van der Waals surface area contributed by atoms with Crippen molar-refractivity contribution >= 4 is 11.7 Å². The second-order valence-corrected chi connectivity index (χ2v) is 3.58. The molecule has 1 aromatic rings. The number of carbonyl (C=O) groups excluding carboxylic acids is 1. The van der Waals surface area contributed by atoms with Crippen LogP contribution >= 0.6 is 0 Å².